The highest BCUT2D eigenvalue weighted by Gasteiger charge is 2.43. The zero-order valence-corrected chi connectivity index (χ0v) is 10.7. The number of likely N-dealkylation sites (tertiary alicyclic amines) is 1. The molecular weight excluding hydrogens is 242 g/mol. The molecule has 0 aromatic carbocycles. The Kier molecular flexibility index (Phi) is 5.08. The van der Waals surface area contributed by atoms with E-state index < -0.39 is 29.7 Å². The molecule has 0 unspecified atom stereocenters. The van der Waals surface area contributed by atoms with Gasteiger partial charge in [0.1, 0.15) is 0 Å². The first-order valence-electron chi connectivity index (χ1n) is 5.48. The fourth-order valence-electron chi connectivity index (χ4n) is 2.04. The van der Waals surface area contributed by atoms with Crippen molar-refractivity contribution in [1.82, 2.24) is 4.90 Å². The van der Waals surface area contributed by atoms with Gasteiger partial charge in [0.15, 0.2) is 0 Å². The summed E-state index contributed by atoms with van der Waals surface area (Å²) in [4.78, 5) is 36.0. The molecule has 18 heavy (non-hydrogen) atoms. The second-order valence-electron chi connectivity index (χ2n) is 4.03. The Bertz CT molecular complexity index is 318. The Morgan fingerprint density at radius 3 is 1.72 bits per heavy atom. The van der Waals surface area contributed by atoms with Gasteiger partial charge >= 0.3 is 17.9 Å². The van der Waals surface area contributed by atoms with E-state index in [0.717, 1.165) is 0 Å². The van der Waals surface area contributed by atoms with Crippen molar-refractivity contribution in [1.29, 1.82) is 0 Å². The van der Waals surface area contributed by atoms with Crippen LogP contribution < -0.4 is 0 Å². The predicted octanol–water partition coefficient (Wildman–Crippen LogP) is -0.947. The molecule has 1 aliphatic rings. The number of carbonyl (C=O) groups is 3. The molecule has 0 N–H and O–H groups in total. The smallest absolute Gasteiger partial charge is 0.319 e. The fraction of sp³-hybridized carbons (Fsp3) is 0.727. The summed E-state index contributed by atoms with van der Waals surface area (Å²) in [5.74, 6) is -2.57. The molecule has 7 nitrogen and oxygen atoms in total. The van der Waals surface area contributed by atoms with E-state index in [0.29, 0.717) is 0 Å². The van der Waals surface area contributed by atoms with Gasteiger partial charge < -0.3 is 14.2 Å². The van der Waals surface area contributed by atoms with Crippen LogP contribution in [-0.2, 0) is 28.6 Å². The third-order valence-electron chi connectivity index (χ3n) is 2.98. The minimum Gasteiger partial charge on any atom is -0.469 e. The maximum Gasteiger partial charge on any atom is 0.319 e. The molecule has 1 saturated heterocycles. The van der Waals surface area contributed by atoms with E-state index in [1.54, 1.807) is 4.90 Å². The lowest BCUT2D eigenvalue weighted by Crippen LogP contribution is -2.30. The lowest BCUT2D eigenvalue weighted by Gasteiger charge is -2.13. The first kappa shape index (κ1) is 14.4. The Morgan fingerprint density at radius 1 is 0.944 bits per heavy atom. The highest BCUT2D eigenvalue weighted by molar-refractivity contribution is 5.83. The second kappa shape index (κ2) is 6.34. The Morgan fingerprint density at radius 2 is 1.39 bits per heavy atom. The molecule has 0 aromatic heterocycles. The molecule has 0 aromatic rings. The van der Waals surface area contributed by atoms with E-state index in [1.165, 1.54) is 21.3 Å². The molecule has 7 heteroatoms. The number of hydrogen-bond donors (Lipinski definition) is 0. The summed E-state index contributed by atoms with van der Waals surface area (Å²) in [6.45, 7) is 0.598. The summed E-state index contributed by atoms with van der Waals surface area (Å²) in [5, 5.41) is 0. The van der Waals surface area contributed by atoms with E-state index in [-0.39, 0.29) is 19.6 Å². The SMILES string of the molecule is COC(=O)CN1C[C@@H](C(=O)OC)[C@H](C(=O)OC)C1. The summed E-state index contributed by atoms with van der Waals surface area (Å²) >= 11 is 0. The predicted molar refractivity (Wildman–Crippen MR) is 59.5 cm³/mol. The van der Waals surface area contributed by atoms with Gasteiger partial charge in [-0.3, -0.25) is 19.3 Å². The average Bonchev–Trinajstić information content (AvgIpc) is 2.80. The molecule has 2 atom stereocenters. The van der Waals surface area contributed by atoms with Crippen molar-refractivity contribution in [3.8, 4) is 0 Å². The van der Waals surface area contributed by atoms with E-state index in [4.69, 9.17) is 0 Å². The van der Waals surface area contributed by atoms with Crippen LogP contribution >= 0.6 is 0 Å². The van der Waals surface area contributed by atoms with Crippen LogP contribution in [-0.4, -0.2) is 63.8 Å². The first-order chi connectivity index (χ1) is 8.53. The minimum atomic E-state index is -0.605. The van der Waals surface area contributed by atoms with Crippen molar-refractivity contribution in [2.75, 3.05) is 41.0 Å². The molecule has 1 rings (SSSR count). The van der Waals surface area contributed by atoms with Crippen LogP contribution in [0.3, 0.4) is 0 Å². The van der Waals surface area contributed by atoms with Gasteiger partial charge in [-0.25, -0.2) is 0 Å². The molecule has 1 fully saturated rings. The number of hydrogen-bond acceptors (Lipinski definition) is 7. The van der Waals surface area contributed by atoms with Crippen LogP contribution in [0.25, 0.3) is 0 Å². The molecule has 0 amide bonds. The zero-order valence-electron chi connectivity index (χ0n) is 10.7. The molecule has 1 heterocycles. The van der Waals surface area contributed by atoms with Crippen LogP contribution in [0.2, 0.25) is 0 Å². The van der Waals surface area contributed by atoms with Crippen molar-refractivity contribution in [3.63, 3.8) is 0 Å². The van der Waals surface area contributed by atoms with Gasteiger partial charge in [0, 0.05) is 13.1 Å². The molecule has 0 saturated carbocycles. The standard InChI is InChI=1S/C11H17NO6/c1-16-9(13)6-12-4-7(10(14)17-2)8(5-12)11(15)18-3/h7-8H,4-6H2,1-3H3/t7-,8-/m1/s1. The minimum absolute atomic E-state index is 0.0392. The number of methoxy groups -OCH3 is 3. The Hall–Kier alpha value is -1.63. The lowest BCUT2D eigenvalue weighted by atomic mass is 9.96. The van der Waals surface area contributed by atoms with Crippen molar-refractivity contribution < 1.29 is 28.6 Å². The highest BCUT2D eigenvalue weighted by atomic mass is 16.5. The van der Waals surface area contributed by atoms with E-state index >= 15 is 0 Å². The summed E-state index contributed by atoms with van der Waals surface area (Å²) < 4.78 is 13.8. The highest BCUT2D eigenvalue weighted by Crippen LogP contribution is 2.25. The summed E-state index contributed by atoms with van der Waals surface area (Å²) in [7, 11) is 3.81. The molecule has 0 bridgehead atoms. The third-order valence-corrected chi connectivity index (χ3v) is 2.98. The number of ether oxygens (including phenoxy) is 3. The summed E-state index contributed by atoms with van der Waals surface area (Å²) in [6, 6.07) is 0. The van der Waals surface area contributed by atoms with Gasteiger partial charge in [0.05, 0.1) is 39.7 Å². The normalized spacial score (nSPS) is 23.5. The van der Waals surface area contributed by atoms with Crippen LogP contribution in [0.4, 0.5) is 0 Å². The topological polar surface area (TPSA) is 82.1 Å². The fourth-order valence-corrected chi connectivity index (χ4v) is 2.04. The molecule has 0 radical (unpaired) electrons. The lowest BCUT2D eigenvalue weighted by molar-refractivity contribution is -0.155. The second-order valence-corrected chi connectivity index (χ2v) is 4.03. The third kappa shape index (κ3) is 3.19. The van der Waals surface area contributed by atoms with Crippen molar-refractivity contribution >= 4 is 17.9 Å². The van der Waals surface area contributed by atoms with Crippen molar-refractivity contribution in [3.05, 3.63) is 0 Å². The maximum atomic E-state index is 11.6. The summed E-state index contributed by atoms with van der Waals surface area (Å²) in [6.07, 6.45) is 0. The van der Waals surface area contributed by atoms with E-state index in [9.17, 15) is 14.4 Å². The number of esters is 3. The Balaban J connectivity index is 2.72. The van der Waals surface area contributed by atoms with Crippen LogP contribution in [0.15, 0.2) is 0 Å². The number of rotatable bonds is 4. The van der Waals surface area contributed by atoms with Crippen LogP contribution in [0, 0.1) is 11.8 Å². The van der Waals surface area contributed by atoms with Crippen LogP contribution in [0.5, 0.6) is 0 Å². The van der Waals surface area contributed by atoms with E-state index in [2.05, 4.69) is 14.2 Å². The molecule has 102 valence electrons. The molecule has 1 aliphatic heterocycles. The van der Waals surface area contributed by atoms with Crippen molar-refractivity contribution in [2.45, 2.75) is 0 Å². The largest absolute Gasteiger partial charge is 0.469 e. The average molecular weight is 259 g/mol. The van der Waals surface area contributed by atoms with Gasteiger partial charge in [-0.2, -0.15) is 0 Å². The Labute approximate surface area is 105 Å². The number of carbonyl (C=O) groups excluding carboxylic acids is 3. The molecule has 0 aliphatic carbocycles. The van der Waals surface area contributed by atoms with Crippen LogP contribution in [0.1, 0.15) is 0 Å². The zero-order chi connectivity index (χ0) is 13.7. The van der Waals surface area contributed by atoms with Gasteiger partial charge in [0.2, 0.25) is 0 Å². The molecule has 0 spiro atoms. The molecular formula is C11H17NO6. The monoisotopic (exact) mass is 259 g/mol. The van der Waals surface area contributed by atoms with Gasteiger partial charge in [-0.15, -0.1) is 0 Å². The quantitative estimate of drug-likeness (QED) is 0.475. The number of nitrogens with zero attached hydrogens (tertiary/aromatic N) is 1. The van der Waals surface area contributed by atoms with Crippen molar-refractivity contribution in [2.24, 2.45) is 11.8 Å². The summed E-state index contributed by atoms with van der Waals surface area (Å²) in [5.41, 5.74) is 0. The first-order valence-corrected chi connectivity index (χ1v) is 5.48. The van der Waals surface area contributed by atoms with E-state index in [1.807, 2.05) is 0 Å². The van der Waals surface area contributed by atoms with Gasteiger partial charge in [-0.05, 0) is 0 Å². The van der Waals surface area contributed by atoms with Gasteiger partial charge in [-0.1, -0.05) is 0 Å². The maximum absolute atomic E-state index is 11.6. The van der Waals surface area contributed by atoms with Gasteiger partial charge in [0.25, 0.3) is 0 Å².